The lowest BCUT2D eigenvalue weighted by Crippen LogP contribution is -2.54. The van der Waals surface area contributed by atoms with E-state index in [9.17, 15) is 9.59 Å². The Labute approximate surface area is 160 Å². The SMILES string of the molecule is CCN(CC)CCSC1=NC(CC(C)C)=NC2=[N+](C)C(=O)N(C)C(=O)C12. The molecule has 0 aliphatic carbocycles. The van der Waals surface area contributed by atoms with E-state index in [1.54, 1.807) is 18.8 Å². The summed E-state index contributed by atoms with van der Waals surface area (Å²) < 4.78 is 1.48. The maximum atomic E-state index is 12.7. The fraction of sp³-hybridized carbons (Fsp3) is 0.722. The van der Waals surface area contributed by atoms with E-state index in [-0.39, 0.29) is 11.9 Å². The average molecular weight is 381 g/mol. The number of hydrogen-bond acceptors (Lipinski definition) is 6. The Kier molecular flexibility index (Phi) is 7.11. The standard InChI is InChI=1S/C18H30N5O2S/c1-7-23(8-2)9-10-26-16-14-15(19-13(20-16)11-12(3)4)21(5)18(25)22(6)17(14)24/h12,14H,7-11H2,1-6H3/q+1. The summed E-state index contributed by atoms with van der Waals surface area (Å²) in [6.45, 7) is 11.5. The van der Waals surface area contributed by atoms with Crippen molar-refractivity contribution in [3.8, 4) is 0 Å². The molecule has 0 spiro atoms. The first-order valence-electron chi connectivity index (χ1n) is 9.23. The van der Waals surface area contributed by atoms with Gasteiger partial charge in [-0.05, 0) is 19.0 Å². The Morgan fingerprint density at radius 2 is 1.88 bits per heavy atom. The number of carbonyl (C=O) groups excluding carboxylic acids is 2. The Balaban J connectivity index is 2.31. The molecule has 26 heavy (non-hydrogen) atoms. The number of amides is 3. The van der Waals surface area contributed by atoms with Crippen LogP contribution in [0.2, 0.25) is 0 Å². The van der Waals surface area contributed by atoms with Crippen molar-refractivity contribution in [2.24, 2.45) is 21.8 Å². The van der Waals surface area contributed by atoms with Gasteiger partial charge < -0.3 is 4.90 Å². The fourth-order valence-corrected chi connectivity index (χ4v) is 4.11. The van der Waals surface area contributed by atoms with Crippen LogP contribution in [0.25, 0.3) is 0 Å². The molecule has 0 bridgehead atoms. The largest absolute Gasteiger partial charge is 0.445 e. The number of aliphatic imine (C=N–C) groups is 2. The second kappa shape index (κ2) is 8.90. The van der Waals surface area contributed by atoms with Crippen molar-refractivity contribution in [1.82, 2.24) is 9.80 Å². The second-order valence-electron chi connectivity index (χ2n) is 6.98. The molecule has 8 heteroatoms. The molecule has 144 valence electrons. The molecule has 2 heterocycles. The predicted octanol–water partition coefficient (Wildman–Crippen LogP) is 2.17. The van der Waals surface area contributed by atoms with E-state index < -0.39 is 5.92 Å². The van der Waals surface area contributed by atoms with Crippen LogP contribution in [-0.4, -0.2) is 82.5 Å². The molecule has 0 N–H and O–H groups in total. The number of thioether (sulfide) groups is 1. The summed E-state index contributed by atoms with van der Waals surface area (Å²) in [5, 5.41) is 0.758. The molecule has 2 rings (SSSR count). The third kappa shape index (κ3) is 4.40. The molecule has 0 saturated heterocycles. The van der Waals surface area contributed by atoms with Gasteiger partial charge in [-0.1, -0.05) is 32.7 Å². The zero-order valence-corrected chi connectivity index (χ0v) is 17.5. The number of amidine groups is 2. The van der Waals surface area contributed by atoms with Crippen LogP contribution in [0.4, 0.5) is 4.79 Å². The van der Waals surface area contributed by atoms with Crippen LogP contribution in [0, 0.1) is 11.8 Å². The monoisotopic (exact) mass is 380 g/mol. The van der Waals surface area contributed by atoms with Crippen molar-refractivity contribution in [3.63, 3.8) is 0 Å². The van der Waals surface area contributed by atoms with Gasteiger partial charge in [0.25, 0.3) is 5.84 Å². The number of nitrogens with zero attached hydrogens (tertiary/aromatic N) is 5. The molecule has 1 atom stereocenters. The van der Waals surface area contributed by atoms with Crippen LogP contribution in [0.5, 0.6) is 0 Å². The Bertz CT molecular complexity index is 664. The van der Waals surface area contributed by atoms with Gasteiger partial charge in [0.15, 0.2) is 5.92 Å². The summed E-state index contributed by atoms with van der Waals surface area (Å²) in [6, 6.07) is -0.344. The molecular weight excluding hydrogens is 350 g/mol. The van der Waals surface area contributed by atoms with E-state index in [4.69, 9.17) is 4.99 Å². The van der Waals surface area contributed by atoms with Gasteiger partial charge in [0, 0.05) is 18.7 Å². The number of rotatable bonds is 7. The fourth-order valence-electron chi connectivity index (χ4n) is 3.01. The number of hydrogen-bond donors (Lipinski definition) is 0. The summed E-state index contributed by atoms with van der Waals surface area (Å²) in [5.41, 5.74) is 0. The van der Waals surface area contributed by atoms with E-state index in [2.05, 4.69) is 37.6 Å². The van der Waals surface area contributed by atoms with Gasteiger partial charge in [-0.25, -0.2) is 9.79 Å². The summed E-state index contributed by atoms with van der Waals surface area (Å²) in [5.74, 6) is 1.65. The Hall–Kier alpha value is -1.54. The van der Waals surface area contributed by atoms with Crippen molar-refractivity contribution in [2.75, 3.05) is 39.5 Å². The zero-order chi connectivity index (χ0) is 19.4. The highest BCUT2D eigenvalue weighted by Gasteiger charge is 2.49. The lowest BCUT2D eigenvalue weighted by atomic mass is 10.0. The minimum atomic E-state index is -0.569. The molecule has 0 aromatic carbocycles. The molecule has 0 radical (unpaired) electrons. The van der Waals surface area contributed by atoms with E-state index in [0.717, 1.165) is 41.8 Å². The lowest BCUT2D eigenvalue weighted by Gasteiger charge is -2.27. The van der Waals surface area contributed by atoms with Crippen molar-refractivity contribution < 1.29 is 14.2 Å². The molecule has 0 aromatic heterocycles. The summed E-state index contributed by atoms with van der Waals surface area (Å²) >= 11 is 1.60. The molecular formula is C18H30N5O2S+. The Morgan fingerprint density at radius 1 is 1.23 bits per heavy atom. The normalized spacial score (nSPS) is 20.8. The molecule has 2 aliphatic heterocycles. The first-order valence-corrected chi connectivity index (χ1v) is 10.2. The molecule has 1 unspecified atom stereocenters. The van der Waals surface area contributed by atoms with Gasteiger partial charge in [-0.3, -0.25) is 4.79 Å². The molecule has 0 fully saturated rings. The van der Waals surface area contributed by atoms with Gasteiger partial charge in [0.05, 0.1) is 14.1 Å². The first kappa shape index (κ1) is 20.8. The topological polar surface area (TPSA) is 68.3 Å². The molecule has 7 nitrogen and oxygen atoms in total. The van der Waals surface area contributed by atoms with E-state index in [1.165, 1.54) is 11.6 Å². The zero-order valence-electron chi connectivity index (χ0n) is 16.7. The predicted molar refractivity (Wildman–Crippen MR) is 107 cm³/mol. The van der Waals surface area contributed by atoms with Gasteiger partial charge >= 0.3 is 11.9 Å². The van der Waals surface area contributed by atoms with Crippen molar-refractivity contribution >= 4 is 40.4 Å². The van der Waals surface area contributed by atoms with Gasteiger partial charge in [-0.2, -0.15) is 9.48 Å². The van der Waals surface area contributed by atoms with Crippen molar-refractivity contribution in [1.29, 1.82) is 0 Å². The van der Waals surface area contributed by atoms with Gasteiger partial charge in [0.1, 0.15) is 5.04 Å². The lowest BCUT2D eigenvalue weighted by molar-refractivity contribution is -0.407. The minimum absolute atomic E-state index is 0.246. The molecule has 2 aliphatic rings. The highest BCUT2D eigenvalue weighted by Crippen LogP contribution is 2.26. The van der Waals surface area contributed by atoms with E-state index in [0.29, 0.717) is 17.6 Å². The van der Waals surface area contributed by atoms with Crippen LogP contribution >= 0.6 is 11.8 Å². The molecule has 0 saturated carbocycles. The minimum Gasteiger partial charge on any atom is -0.303 e. The number of urea groups is 1. The highest BCUT2D eigenvalue weighted by molar-refractivity contribution is 8.14. The number of carbonyl (C=O) groups is 2. The van der Waals surface area contributed by atoms with E-state index in [1.807, 2.05) is 0 Å². The van der Waals surface area contributed by atoms with E-state index >= 15 is 0 Å². The average Bonchev–Trinajstić information content (AvgIpc) is 2.60. The first-order chi connectivity index (χ1) is 12.3. The summed E-state index contributed by atoms with van der Waals surface area (Å²) in [6.07, 6.45) is 0.725. The third-order valence-electron chi connectivity index (χ3n) is 4.63. The molecule has 0 aromatic rings. The van der Waals surface area contributed by atoms with Gasteiger partial charge in [0.2, 0.25) is 5.84 Å². The third-order valence-corrected chi connectivity index (χ3v) is 5.64. The smallest absolute Gasteiger partial charge is 0.303 e. The van der Waals surface area contributed by atoms with Crippen LogP contribution in [-0.2, 0) is 4.79 Å². The van der Waals surface area contributed by atoms with Crippen LogP contribution in [0.15, 0.2) is 9.98 Å². The Morgan fingerprint density at radius 3 is 2.46 bits per heavy atom. The van der Waals surface area contributed by atoms with Crippen molar-refractivity contribution in [3.05, 3.63) is 0 Å². The van der Waals surface area contributed by atoms with Crippen molar-refractivity contribution in [2.45, 2.75) is 34.1 Å². The quantitative estimate of drug-likeness (QED) is 0.635. The molecule has 3 amide bonds. The number of fused-ring (bicyclic) bond motifs is 1. The number of imide groups is 1. The highest BCUT2D eigenvalue weighted by atomic mass is 32.2. The van der Waals surface area contributed by atoms with Crippen LogP contribution < -0.4 is 0 Å². The second-order valence-corrected chi connectivity index (χ2v) is 8.10. The maximum Gasteiger partial charge on any atom is 0.445 e. The van der Waals surface area contributed by atoms with Gasteiger partial charge in [-0.15, -0.1) is 11.8 Å². The summed E-state index contributed by atoms with van der Waals surface area (Å²) in [4.78, 5) is 37.8. The van der Waals surface area contributed by atoms with Crippen LogP contribution in [0.3, 0.4) is 0 Å². The maximum absolute atomic E-state index is 12.7. The van der Waals surface area contributed by atoms with Crippen LogP contribution in [0.1, 0.15) is 34.1 Å². The summed E-state index contributed by atoms with van der Waals surface area (Å²) in [7, 11) is 3.19.